The summed E-state index contributed by atoms with van der Waals surface area (Å²) in [5.41, 5.74) is 7.10. The molecule has 0 aliphatic rings. The van der Waals surface area contributed by atoms with Gasteiger partial charge in [0.05, 0.1) is 6.61 Å². The maximum absolute atomic E-state index is 13.2. The van der Waals surface area contributed by atoms with Crippen molar-refractivity contribution in [2.45, 2.75) is 64.7 Å². The number of hydrogen-bond donors (Lipinski definition) is 5. The number of ether oxygens (including phenoxy) is 1. The molecule has 11 nitrogen and oxygen atoms in total. The predicted octanol–water partition coefficient (Wildman–Crippen LogP) is 1.20. The highest BCUT2D eigenvalue weighted by Gasteiger charge is 2.31. The lowest BCUT2D eigenvalue weighted by molar-refractivity contribution is -0.134. The van der Waals surface area contributed by atoms with Gasteiger partial charge in [0.25, 0.3) is 0 Å². The van der Waals surface area contributed by atoms with Crippen LogP contribution in [0.25, 0.3) is 0 Å². The zero-order chi connectivity index (χ0) is 29.7. The van der Waals surface area contributed by atoms with E-state index in [1.807, 2.05) is 60.7 Å². The lowest BCUT2D eigenvalue weighted by Gasteiger charge is -2.27. The summed E-state index contributed by atoms with van der Waals surface area (Å²) in [6, 6.07) is 14.2. The average molecular weight is 554 g/mol. The zero-order valence-corrected chi connectivity index (χ0v) is 23.3. The molecule has 0 saturated carbocycles. The number of rotatable bonds is 14. The fraction of sp³-hybridized carbons (Fsp3) is 0.414. The van der Waals surface area contributed by atoms with Crippen molar-refractivity contribution in [2.75, 3.05) is 6.61 Å². The third kappa shape index (κ3) is 10.4. The van der Waals surface area contributed by atoms with E-state index in [9.17, 15) is 24.0 Å². The van der Waals surface area contributed by atoms with E-state index in [2.05, 4.69) is 21.3 Å². The number of alkyl carbamates (subject to hydrolysis) is 1. The Morgan fingerprint density at radius 1 is 0.700 bits per heavy atom. The Bertz CT molecular complexity index is 1140. The molecule has 0 heterocycles. The molecular formula is C29H39N5O6. The molecule has 2 aromatic carbocycles. The Morgan fingerprint density at radius 2 is 1.23 bits per heavy atom. The van der Waals surface area contributed by atoms with Crippen LogP contribution in [0.2, 0.25) is 0 Å². The van der Waals surface area contributed by atoms with E-state index >= 15 is 0 Å². The fourth-order valence-electron chi connectivity index (χ4n) is 3.90. The van der Waals surface area contributed by atoms with Gasteiger partial charge in [-0.05, 0) is 30.9 Å². The maximum atomic E-state index is 13.2. The van der Waals surface area contributed by atoms with Crippen LogP contribution in [0, 0.1) is 5.92 Å². The van der Waals surface area contributed by atoms with E-state index in [1.54, 1.807) is 20.8 Å². The summed E-state index contributed by atoms with van der Waals surface area (Å²) in [7, 11) is 0. The summed E-state index contributed by atoms with van der Waals surface area (Å²) in [4.78, 5) is 63.2. The van der Waals surface area contributed by atoms with Crippen molar-refractivity contribution in [3.05, 3.63) is 71.8 Å². The highest BCUT2D eigenvalue weighted by atomic mass is 16.5. The molecule has 0 radical (unpaired) electrons. The van der Waals surface area contributed by atoms with Crippen LogP contribution in [-0.2, 0) is 36.8 Å². The minimum absolute atomic E-state index is 0.129. The van der Waals surface area contributed by atoms with Crippen LogP contribution < -0.4 is 27.0 Å². The number of carbonyl (C=O) groups excluding carboxylic acids is 5. The third-order valence-corrected chi connectivity index (χ3v) is 6.11. The molecule has 216 valence electrons. The maximum Gasteiger partial charge on any atom is 0.407 e. The van der Waals surface area contributed by atoms with Crippen LogP contribution in [-0.4, -0.2) is 60.5 Å². The Balaban J connectivity index is 2.07. The molecular weight excluding hydrogens is 514 g/mol. The summed E-state index contributed by atoms with van der Waals surface area (Å²) in [6.07, 6.45) is -0.384. The van der Waals surface area contributed by atoms with Gasteiger partial charge in [-0.15, -0.1) is 0 Å². The molecule has 6 N–H and O–H groups in total. The van der Waals surface area contributed by atoms with Gasteiger partial charge in [-0.25, -0.2) is 4.79 Å². The molecule has 0 fully saturated rings. The van der Waals surface area contributed by atoms with Crippen LogP contribution in [0.15, 0.2) is 60.7 Å². The SMILES string of the molecule is CCOC(=O)N[C@@H](Cc1ccccc1)C(=O)N[C@H](C(=O)N[C@@H](C)C(=O)N[C@@H](Cc1ccccc1)C(N)=O)C(C)C. The van der Waals surface area contributed by atoms with Crippen LogP contribution in [0.3, 0.4) is 0 Å². The van der Waals surface area contributed by atoms with Gasteiger partial charge in [0.15, 0.2) is 0 Å². The van der Waals surface area contributed by atoms with E-state index in [0.29, 0.717) is 0 Å². The summed E-state index contributed by atoms with van der Waals surface area (Å²) in [5, 5.41) is 10.4. The van der Waals surface area contributed by atoms with E-state index < -0.39 is 53.9 Å². The Kier molecular flexibility index (Phi) is 12.6. The minimum Gasteiger partial charge on any atom is -0.450 e. The number of hydrogen-bond acceptors (Lipinski definition) is 6. The number of benzene rings is 2. The molecule has 0 spiro atoms. The molecule has 0 aromatic heterocycles. The number of amides is 5. The topological polar surface area (TPSA) is 169 Å². The lowest BCUT2D eigenvalue weighted by atomic mass is 10.0. The normalized spacial score (nSPS) is 13.7. The predicted molar refractivity (Wildman–Crippen MR) is 150 cm³/mol. The third-order valence-electron chi connectivity index (χ3n) is 6.11. The van der Waals surface area contributed by atoms with E-state index in [4.69, 9.17) is 10.5 Å². The molecule has 5 amide bonds. The van der Waals surface area contributed by atoms with Crippen molar-refractivity contribution in [3.63, 3.8) is 0 Å². The number of primary amides is 1. The molecule has 11 heteroatoms. The second kappa shape index (κ2) is 15.9. The Morgan fingerprint density at radius 3 is 1.70 bits per heavy atom. The first-order chi connectivity index (χ1) is 19.0. The number of carbonyl (C=O) groups is 5. The van der Waals surface area contributed by atoms with Gasteiger partial charge in [0.1, 0.15) is 24.2 Å². The van der Waals surface area contributed by atoms with Gasteiger partial charge in [-0.2, -0.15) is 0 Å². The second-order valence-corrected chi connectivity index (χ2v) is 9.72. The van der Waals surface area contributed by atoms with E-state index in [-0.39, 0.29) is 25.4 Å². The van der Waals surface area contributed by atoms with Crippen molar-refractivity contribution >= 4 is 29.7 Å². The van der Waals surface area contributed by atoms with Crippen molar-refractivity contribution in [3.8, 4) is 0 Å². The first kappa shape index (κ1) is 31.8. The van der Waals surface area contributed by atoms with Gasteiger partial charge in [-0.3, -0.25) is 19.2 Å². The molecule has 0 aliphatic heterocycles. The first-order valence-corrected chi connectivity index (χ1v) is 13.2. The first-order valence-electron chi connectivity index (χ1n) is 13.2. The summed E-state index contributed by atoms with van der Waals surface area (Å²) in [6.45, 7) is 6.72. The number of nitrogens with two attached hydrogens (primary N) is 1. The molecule has 40 heavy (non-hydrogen) atoms. The van der Waals surface area contributed by atoms with Gasteiger partial charge >= 0.3 is 6.09 Å². The quantitative estimate of drug-likeness (QED) is 0.235. The van der Waals surface area contributed by atoms with Crippen molar-refractivity contribution in [2.24, 2.45) is 11.7 Å². The van der Waals surface area contributed by atoms with Gasteiger partial charge in [0.2, 0.25) is 23.6 Å². The highest BCUT2D eigenvalue weighted by molar-refractivity contribution is 5.95. The lowest BCUT2D eigenvalue weighted by Crippen LogP contribution is -2.59. The van der Waals surface area contributed by atoms with Crippen LogP contribution in [0.4, 0.5) is 4.79 Å². The second-order valence-electron chi connectivity index (χ2n) is 9.72. The summed E-state index contributed by atoms with van der Waals surface area (Å²) in [5.74, 6) is -2.84. The van der Waals surface area contributed by atoms with Gasteiger partial charge in [0, 0.05) is 12.8 Å². The molecule has 4 atom stereocenters. The summed E-state index contributed by atoms with van der Waals surface area (Å²) >= 11 is 0. The van der Waals surface area contributed by atoms with Crippen molar-refractivity contribution in [1.82, 2.24) is 21.3 Å². The van der Waals surface area contributed by atoms with E-state index in [1.165, 1.54) is 6.92 Å². The van der Waals surface area contributed by atoms with Crippen molar-refractivity contribution in [1.29, 1.82) is 0 Å². The van der Waals surface area contributed by atoms with Crippen LogP contribution in [0.5, 0.6) is 0 Å². The van der Waals surface area contributed by atoms with Gasteiger partial charge in [-0.1, -0.05) is 74.5 Å². The van der Waals surface area contributed by atoms with Crippen LogP contribution >= 0.6 is 0 Å². The number of nitrogens with one attached hydrogen (secondary N) is 4. The van der Waals surface area contributed by atoms with E-state index in [0.717, 1.165) is 11.1 Å². The molecule has 2 aromatic rings. The molecule has 0 unspecified atom stereocenters. The minimum atomic E-state index is -1.03. The monoisotopic (exact) mass is 553 g/mol. The fourth-order valence-corrected chi connectivity index (χ4v) is 3.90. The van der Waals surface area contributed by atoms with Crippen LogP contribution in [0.1, 0.15) is 38.8 Å². The largest absolute Gasteiger partial charge is 0.450 e. The molecule has 0 bridgehead atoms. The van der Waals surface area contributed by atoms with Gasteiger partial charge < -0.3 is 31.7 Å². The molecule has 0 saturated heterocycles. The average Bonchev–Trinajstić information content (AvgIpc) is 2.91. The van der Waals surface area contributed by atoms with Crippen molar-refractivity contribution < 1.29 is 28.7 Å². The smallest absolute Gasteiger partial charge is 0.407 e. The zero-order valence-electron chi connectivity index (χ0n) is 23.3. The molecule has 2 rings (SSSR count). The Hall–Kier alpha value is -4.41. The highest BCUT2D eigenvalue weighted by Crippen LogP contribution is 2.08. The molecule has 0 aliphatic carbocycles. The summed E-state index contributed by atoms with van der Waals surface area (Å²) < 4.78 is 4.94. The Labute approximate surface area is 234 Å². The standard InChI is InChI=1S/C29H39N5O6/c1-5-40-29(39)33-23(17-21-14-10-7-11-15-21)27(37)34-24(18(2)3)28(38)31-19(4)26(36)32-22(25(30)35)16-20-12-8-6-9-13-20/h6-15,18-19,22-24H,5,16-17H2,1-4H3,(H2,30,35)(H,31,38)(H,32,36)(H,33,39)(H,34,37)/t19-,22-,23-,24-/m0/s1.